The number of ether oxygens (including phenoxy) is 1. The van der Waals surface area contributed by atoms with E-state index < -0.39 is 0 Å². The Labute approximate surface area is 150 Å². The molecule has 0 unspecified atom stereocenters. The van der Waals surface area contributed by atoms with Gasteiger partial charge in [-0.15, -0.1) is 0 Å². The summed E-state index contributed by atoms with van der Waals surface area (Å²) in [5, 5.41) is 0. The molecule has 0 radical (unpaired) electrons. The van der Waals surface area contributed by atoms with E-state index in [-0.39, 0.29) is 5.91 Å². The fourth-order valence-corrected chi connectivity index (χ4v) is 3.42. The largest absolute Gasteiger partial charge is 0.457 e. The molecule has 1 saturated heterocycles. The fraction of sp³-hybridized carbons (Fsp3) is 0.409. The maximum atomic E-state index is 12.7. The monoisotopic (exact) mass is 337 g/mol. The zero-order chi connectivity index (χ0) is 17.9. The molecule has 1 aliphatic heterocycles. The van der Waals surface area contributed by atoms with Gasteiger partial charge < -0.3 is 9.64 Å². The number of hydrogen-bond acceptors (Lipinski definition) is 2. The van der Waals surface area contributed by atoms with Crippen molar-refractivity contribution in [3.8, 4) is 11.5 Å². The minimum atomic E-state index is 0.124. The van der Waals surface area contributed by atoms with Gasteiger partial charge >= 0.3 is 0 Å². The highest BCUT2D eigenvalue weighted by atomic mass is 16.5. The summed E-state index contributed by atoms with van der Waals surface area (Å²) in [6.45, 7) is 8.58. The Morgan fingerprint density at radius 3 is 2.04 bits per heavy atom. The van der Waals surface area contributed by atoms with Crippen LogP contribution in [0, 0.1) is 11.3 Å². The highest BCUT2D eigenvalue weighted by Gasteiger charge is 2.30. The fourth-order valence-electron chi connectivity index (χ4n) is 3.42. The van der Waals surface area contributed by atoms with Crippen LogP contribution in [-0.4, -0.2) is 23.9 Å². The molecular formula is C22H27NO2. The van der Waals surface area contributed by atoms with E-state index in [9.17, 15) is 4.79 Å². The molecule has 1 aliphatic rings. The summed E-state index contributed by atoms with van der Waals surface area (Å²) in [7, 11) is 0. The van der Waals surface area contributed by atoms with Gasteiger partial charge in [-0.3, -0.25) is 4.79 Å². The van der Waals surface area contributed by atoms with Crippen LogP contribution in [0.2, 0.25) is 0 Å². The van der Waals surface area contributed by atoms with Gasteiger partial charge in [0.25, 0.3) is 5.91 Å². The Morgan fingerprint density at radius 1 is 0.920 bits per heavy atom. The molecule has 0 N–H and O–H groups in total. The molecule has 0 aromatic heterocycles. The number of amides is 1. The van der Waals surface area contributed by atoms with Crippen LogP contribution in [0.1, 0.15) is 44.0 Å². The predicted molar refractivity (Wildman–Crippen MR) is 101 cm³/mol. The van der Waals surface area contributed by atoms with Crippen molar-refractivity contribution in [2.24, 2.45) is 11.3 Å². The van der Waals surface area contributed by atoms with Crippen molar-refractivity contribution in [1.29, 1.82) is 0 Å². The van der Waals surface area contributed by atoms with Crippen molar-refractivity contribution < 1.29 is 9.53 Å². The lowest BCUT2D eigenvalue weighted by Crippen LogP contribution is -2.41. The molecule has 1 heterocycles. The summed E-state index contributed by atoms with van der Waals surface area (Å²) in [5.41, 5.74) is 1.06. The molecule has 0 aliphatic carbocycles. The van der Waals surface area contributed by atoms with Crippen LogP contribution >= 0.6 is 0 Å². The molecule has 2 aromatic rings. The van der Waals surface area contributed by atoms with Gasteiger partial charge in [0.15, 0.2) is 0 Å². The molecule has 3 rings (SSSR count). The third-order valence-corrected chi connectivity index (χ3v) is 5.09. The summed E-state index contributed by atoms with van der Waals surface area (Å²) in [6, 6.07) is 17.1. The zero-order valence-corrected chi connectivity index (χ0v) is 15.4. The van der Waals surface area contributed by atoms with Crippen LogP contribution < -0.4 is 4.74 Å². The Morgan fingerprint density at radius 2 is 1.48 bits per heavy atom. The molecule has 0 spiro atoms. The van der Waals surface area contributed by atoms with Gasteiger partial charge in [-0.25, -0.2) is 0 Å². The predicted octanol–water partition coefficient (Wildman–Crippen LogP) is 5.38. The van der Waals surface area contributed by atoms with Crippen LogP contribution in [-0.2, 0) is 0 Å². The smallest absolute Gasteiger partial charge is 0.253 e. The molecule has 0 atom stereocenters. The van der Waals surface area contributed by atoms with Gasteiger partial charge in [-0.05, 0) is 60.6 Å². The lowest BCUT2D eigenvalue weighted by molar-refractivity contribution is 0.0608. The van der Waals surface area contributed by atoms with Gasteiger partial charge in [-0.1, -0.05) is 39.0 Å². The van der Waals surface area contributed by atoms with Crippen LogP contribution in [0.4, 0.5) is 0 Å². The maximum absolute atomic E-state index is 12.7. The second kappa shape index (κ2) is 7.30. The lowest BCUT2D eigenvalue weighted by Gasteiger charge is -2.38. The number of piperidine rings is 1. The molecular weight excluding hydrogens is 310 g/mol. The highest BCUT2D eigenvalue weighted by Crippen LogP contribution is 2.34. The SMILES string of the molecule is CC(C)(C)C1CCN(C(=O)c2ccc(Oc3ccccc3)cc2)CC1. The first-order chi connectivity index (χ1) is 11.9. The third-order valence-electron chi connectivity index (χ3n) is 5.09. The number of nitrogens with zero attached hydrogens (tertiary/aromatic N) is 1. The minimum Gasteiger partial charge on any atom is -0.457 e. The van der Waals surface area contributed by atoms with E-state index in [1.165, 1.54) is 0 Å². The summed E-state index contributed by atoms with van der Waals surface area (Å²) in [4.78, 5) is 14.7. The van der Waals surface area contributed by atoms with E-state index in [0.29, 0.717) is 11.3 Å². The van der Waals surface area contributed by atoms with Crippen LogP contribution in [0.15, 0.2) is 54.6 Å². The van der Waals surface area contributed by atoms with Crippen LogP contribution in [0.3, 0.4) is 0 Å². The van der Waals surface area contributed by atoms with Crippen molar-refractivity contribution in [3.63, 3.8) is 0 Å². The molecule has 0 saturated carbocycles. The summed E-state index contributed by atoms with van der Waals surface area (Å²) in [6.07, 6.45) is 2.18. The number of benzene rings is 2. The molecule has 132 valence electrons. The third kappa shape index (κ3) is 4.41. The number of para-hydroxylation sites is 1. The summed E-state index contributed by atoms with van der Waals surface area (Å²) < 4.78 is 5.79. The Kier molecular flexibility index (Phi) is 5.12. The summed E-state index contributed by atoms with van der Waals surface area (Å²) in [5.74, 6) is 2.36. The molecule has 2 aromatic carbocycles. The lowest BCUT2D eigenvalue weighted by atomic mass is 9.75. The maximum Gasteiger partial charge on any atom is 0.253 e. The topological polar surface area (TPSA) is 29.5 Å². The normalized spacial score (nSPS) is 15.9. The van der Waals surface area contributed by atoms with Crippen molar-refractivity contribution in [2.75, 3.05) is 13.1 Å². The first-order valence-corrected chi connectivity index (χ1v) is 9.06. The van der Waals surface area contributed by atoms with E-state index in [0.717, 1.165) is 43.0 Å². The van der Waals surface area contributed by atoms with Crippen molar-refractivity contribution in [2.45, 2.75) is 33.6 Å². The number of rotatable bonds is 3. The highest BCUT2D eigenvalue weighted by molar-refractivity contribution is 5.94. The molecule has 1 amide bonds. The van der Waals surface area contributed by atoms with Gasteiger partial charge in [0.1, 0.15) is 11.5 Å². The number of likely N-dealkylation sites (tertiary alicyclic amines) is 1. The number of carbonyl (C=O) groups is 1. The molecule has 0 bridgehead atoms. The Bertz CT molecular complexity index is 693. The average Bonchev–Trinajstić information content (AvgIpc) is 2.62. The van der Waals surface area contributed by atoms with E-state index in [2.05, 4.69) is 20.8 Å². The Balaban J connectivity index is 1.60. The van der Waals surface area contributed by atoms with Crippen molar-refractivity contribution in [3.05, 3.63) is 60.2 Å². The van der Waals surface area contributed by atoms with E-state index >= 15 is 0 Å². The number of carbonyl (C=O) groups excluding carboxylic acids is 1. The first kappa shape index (κ1) is 17.5. The summed E-state index contributed by atoms with van der Waals surface area (Å²) >= 11 is 0. The van der Waals surface area contributed by atoms with Crippen LogP contribution in [0.25, 0.3) is 0 Å². The quantitative estimate of drug-likeness (QED) is 0.753. The van der Waals surface area contributed by atoms with Gasteiger partial charge in [0.2, 0.25) is 0 Å². The van der Waals surface area contributed by atoms with Gasteiger partial charge in [0.05, 0.1) is 0 Å². The van der Waals surface area contributed by atoms with Crippen molar-refractivity contribution >= 4 is 5.91 Å². The average molecular weight is 337 g/mol. The first-order valence-electron chi connectivity index (χ1n) is 9.06. The molecule has 3 heteroatoms. The van der Waals surface area contributed by atoms with E-state index in [1.807, 2.05) is 59.5 Å². The van der Waals surface area contributed by atoms with E-state index in [1.54, 1.807) is 0 Å². The van der Waals surface area contributed by atoms with Gasteiger partial charge in [-0.2, -0.15) is 0 Å². The second-order valence-corrected chi connectivity index (χ2v) is 7.87. The second-order valence-electron chi connectivity index (χ2n) is 7.87. The van der Waals surface area contributed by atoms with E-state index in [4.69, 9.17) is 4.74 Å². The van der Waals surface area contributed by atoms with Crippen LogP contribution in [0.5, 0.6) is 11.5 Å². The molecule has 25 heavy (non-hydrogen) atoms. The standard InChI is InChI=1S/C22H27NO2/c1-22(2,3)18-13-15-23(16-14-18)21(24)17-9-11-20(12-10-17)25-19-7-5-4-6-8-19/h4-12,18H,13-16H2,1-3H3. The van der Waals surface area contributed by atoms with Gasteiger partial charge in [0, 0.05) is 18.7 Å². The molecule has 3 nitrogen and oxygen atoms in total. The zero-order valence-electron chi connectivity index (χ0n) is 15.4. The Hall–Kier alpha value is -2.29. The molecule has 1 fully saturated rings. The minimum absolute atomic E-state index is 0.124. The van der Waals surface area contributed by atoms with Crippen molar-refractivity contribution in [1.82, 2.24) is 4.90 Å². The number of hydrogen-bond donors (Lipinski definition) is 0.